The van der Waals surface area contributed by atoms with Crippen LogP contribution in [0.25, 0.3) is 0 Å². The van der Waals surface area contributed by atoms with Crippen LogP contribution in [-0.2, 0) is 6.54 Å². The van der Waals surface area contributed by atoms with Gasteiger partial charge in [-0.25, -0.2) is 0 Å². The molecule has 0 aliphatic heterocycles. The molecule has 0 spiro atoms. The van der Waals surface area contributed by atoms with E-state index < -0.39 is 6.10 Å². The summed E-state index contributed by atoms with van der Waals surface area (Å²) in [5.41, 5.74) is 0.927. The molecule has 0 fully saturated rings. The molecule has 17 heavy (non-hydrogen) atoms. The lowest BCUT2D eigenvalue weighted by atomic mass is 10.1. The van der Waals surface area contributed by atoms with Crippen LogP contribution in [0.2, 0.25) is 0 Å². The molecule has 1 aromatic heterocycles. The molecule has 0 amide bonds. The zero-order valence-electron chi connectivity index (χ0n) is 9.89. The summed E-state index contributed by atoms with van der Waals surface area (Å²) in [6.45, 7) is 3.07. The summed E-state index contributed by atoms with van der Waals surface area (Å²) < 4.78 is 5.43. The van der Waals surface area contributed by atoms with E-state index in [4.69, 9.17) is 4.42 Å². The predicted octanol–water partition coefficient (Wildman–Crippen LogP) is 2.41. The summed E-state index contributed by atoms with van der Waals surface area (Å²) in [5.74, 6) is 1.80. The Balaban J connectivity index is 1.79. The van der Waals surface area contributed by atoms with Gasteiger partial charge < -0.3 is 14.8 Å². The van der Waals surface area contributed by atoms with Crippen molar-refractivity contribution in [2.75, 3.05) is 6.54 Å². The number of aliphatic hydroxyl groups excluding tert-OH is 1. The van der Waals surface area contributed by atoms with E-state index in [1.54, 1.807) is 0 Å². The van der Waals surface area contributed by atoms with Crippen molar-refractivity contribution >= 4 is 0 Å². The fourth-order valence-electron chi connectivity index (χ4n) is 1.71. The second-order valence-corrected chi connectivity index (χ2v) is 4.07. The van der Waals surface area contributed by atoms with E-state index in [0.29, 0.717) is 13.1 Å². The Morgan fingerprint density at radius 2 is 1.94 bits per heavy atom. The zero-order valence-corrected chi connectivity index (χ0v) is 9.89. The molecule has 0 radical (unpaired) electrons. The van der Waals surface area contributed by atoms with E-state index in [2.05, 4.69) is 5.32 Å². The molecule has 0 aliphatic carbocycles. The number of aliphatic hydroxyl groups is 1. The van der Waals surface area contributed by atoms with Gasteiger partial charge in [0.1, 0.15) is 11.5 Å². The first-order chi connectivity index (χ1) is 8.25. The van der Waals surface area contributed by atoms with Gasteiger partial charge in [0.15, 0.2) is 0 Å². The lowest BCUT2D eigenvalue weighted by molar-refractivity contribution is 0.173. The maximum atomic E-state index is 9.91. The van der Waals surface area contributed by atoms with E-state index >= 15 is 0 Å². The van der Waals surface area contributed by atoms with Gasteiger partial charge >= 0.3 is 0 Å². The number of furan rings is 1. The maximum Gasteiger partial charge on any atom is 0.117 e. The molecule has 1 atom stereocenters. The Bertz CT molecular complexity index is 450. The molecule has 90 valence electrons. The van der Waals surface area contributed by atoms with Crippen molar-refractivity contribution in [1.82, 2.24) is 5.32 Å². The van der Waals surface area contributed by atoms with Gasteiger partial charge in [0.25, 0.3) is 0 Å². The number of hydrogen-bond acceptors (Lipinski definition) is 3. The van der Waals surface area contributed by atoms with E-state index in [1.165, 1.54) is 0 Å². The molecule has 2 aromatic rings. The SMILES string of the molecule is Cc1ccc(CNC[C@H](O)c2ccccc2)o1. The normalized spacial score (nSPS) is 12.6. The predicted molar refractivity (Wildman–Crippen MR) is 66.6 cm³/mol. The number of aryl methyl sites for hydroxylation is 1. The highest BCUT2D eigenvalue weighted by Crippen LogP contribution is 2.11. The minimum atomic E-state index is -0.479. The maximum absolute atomic E-state index is 9.91. The molecule has 3 heteroatoms. The molecule has 1 heterocycles. The van der Waals surface area contributed by atoms with Crippen LogP contribution in [0.5, 0.6) is 0 Å². The average molecular weight is 231 g/mol. The monoisotopic (exact) mass is 231 g/mol. The summed E-state index contributed by atoms with van der Waals surface area (Å²) in [5, 5.41) is 13.1. The van der Waals surface area contributed by atoms with Crippen LogP contribution in [0.4, 0.5) is 0 Å². The summed E-state index contributed by atoms with van der Waals surface area (Å²) in [7, 11) is 0. The smallest absolute Gasteiger partial charge is 0.117 e. The van der Waals surface area contributed by atoms with Gasteiger partial charge in [-0.2, -0.15) is 0 Å². The Morgan fingerprint density at radius 1 is 1.18 bits per heavy atom. The van der Waals surface area contributed by atoms with Gasteiger partial charge in [0.2, 0.25) is 0 Å². The molecule has 0 bridgehead atoms. The summed E-state index contributed by atoms with van der Waals surface area (Å²) in [6.07, 6.45) is -0.479. The number of hydrogen-bond donors (Lipinski definition) is 2. The number of benzene rings is 1. The van der Waals surface area contributed by atoms with E-state index in [-0.39, 0.29) is 0 Å². The fraction of sp³-hybridized carbons (Fsp3) is 0.286. The molecule has 0 saturated heterocycles. The highest BCUT2D eigenvalue weighted by Gasteiger charge is 2.06. The highest BCUT2D eigenvalue weighted by molar-refractivity contribution is 5.17. The average Bonchev–Trinajstić information content (AvgIpc) is 2.76. The van der Waals surface area contributed by atoms with Gasteiger partial charge in [0, 0.05) is 6.54 Å². The van der Waals surface area contributed by atoms with Crippen molar-refractivity contribution < 1.29 is 9.52 Å². The lowest BCUT2D eigenvalue weighted by Gasteiger charge is -2.11. The van der Waals surface area contributed by atoms with Crippen LogP contribution in [0, 0.1) is 6.92 Å². The van der Waals surface area contributed by atoms with E-state index in [0.717, 1.165) is 17.1 Å². The Kier molecular flexibility index (Phi) is 3.96. The van der Waals surface area contributed by atoms with Crippen LogP contribution >= 0.6 is 0 Å². The first-order valence-corrected chi connectivity index (χ1v) is 5.75. The lowest BCUT2D eigenvalue weighted by Crippen LogP contribution is -2.20. The Labute approximate surface area is 101 Å². The molecule has 0 unspecified atom stereocenters. The van der Waals surface area contributed by atoms with Crippen molar-refractivity contribution in [3.63, 3.8) is 0 Å². The van der Waals surface area contributed by atoms with Crippen molar-refractivity contribution in [2.45, 2.75) is 19.6 Å². The molecule has 0 saturated carbocycles. The summed E-state index contributed by atoms with van der Waals surface area (Å²) in [6, 6.07) is 13.5. The molecule has 2 N–H and O–H groups in total. The second kappa shape index (κ2) is 5.66. The minimum absolute atomic E-state index is 0.479. The van der Waals surface area contributed by atoms with Gasteiger partial charge in [-0.1, -0.05) is 30.3 Å². The summed E-state index contributed by atoms with van der Waals surface area (Å²) >= 11 is 0. The van der Waals surface area contributed by atoms with Crippen molar-refractivity contribution in [3.8, 4) is 0 Å². The van der Waals surface area contributed by atoms with Crippen molar-refractivity contribution in [2.24, 2.45) is 0 Å². The molecule has 2 rings (SSSR count). The van der Waals surface area contributed by atoms with Crippen LogP contribution in [0.3, 0.4) is 0 Å². The molecule has 0 aliphatic rings. The number of nitrogens with one attached hydrogen (secondary N) is 1. The third-order valence-electron chi connectivity index (χ3n) is 2.62. The third-order valence-corrected chi connectivity index (χ3v) is 2.62. The van der Waals surface area contributed by atoms with Gasteiger partial charge in [-0.15, -0.1) is 0 Å². The fourth-order valence-corrected chi connectivity index (χ4v) is 1.71. The summed E-state index contributed by atoms with van der Waals surface area (Å²) in [4.78, 5) is 0. The molecular weight excluding hydrogens is 214 g/mol. The van der Waals surface area contributed by atoms with Gasteiger partial charge in [0.05, 0.1) is 12.6 Å². The van der Waals surface area contributed by atoms with E-state index in [1.807, 2.05) is 49.4 Å². The topological polar surface area (TPSA) is 45.4 Å². The molecular formula is C14H17NO2. The standard InChI is InChI=1S/C14H17NO2/c1-11-7-8-13(17-11)9-15-10-14(16)12-5-3-2-4-6-12/h2-8,14-16H,9-10H2,1H3/t14-/m0/s1. The van der Waals surface area contributed by atoms with Crippen LogP contribution < -0.4 is 5.32 Å². The minimum Gasteiger partial charge on any atom is -0.465 e. The Hall–Kier alpha value is -1.58. The number of rotatable bonds is 5. The van der Waals surface area contributed by atoms with E-state index in [9.17, 15) is 5.11 Å². The first-order valence-electron chi connectivity index (χ1n) is 5.75. The van der Waals surface area contributed by atoms with Gasteiger partial charge in [-0.3, -0.25) is 0 Å². The van der Waals surface area contributed by atoms with Crippen LogP contribution in [0.1, 0.15) is 23.2 Å². The largest absolute Gasteiger partial charge is 0.465 e. The molecule has 1 aromatic carbocycles. The van der Waals surface area contributed by atoms with Crippen LogP contribution in [-0.4, -0.2) is 11.7 Å². The van der Waals surface area contributed by atoms with Gasteiger partial charge in [-0.05, 0) is 24.6 Å². The third kappa shape index (κ3) is 3.44. The van der Waals surface area contributed by atoms with Crippen molar-refractivity contribution in [3.05, 3.63) is 59.5 Å². The first kappa shape index (κ1) is 11.9. The van der Waals surface area contributed by atoms with Crippen molar-refractivity contribution in [1.29, 1.82) is 0 Å². The quantitative estimate of drug-likeness (QED) is 0.830. The second-order valence-electron chi connectivity index (χ2n) is 4.07. The molecule has 3 nitrogen and oxygen atoms in total. The highest BCUT2D eigenvalue weighted by atomic mass is 16.3. The Morgan fingerprint density at radius 3 is 2.59 bits per heavy atom. The van der Waals surface area contributed by atoms with Crippen LogP contribution in [0.15, 0.2) is 46.9 Å². The zero-order chi connectivity index (χ0) is 12.1.